The van der Waals surface area contributed by atoms with Crippen LogP contribution in [-0.4, -0.2) is 11.7 Å². The van der Waals surface area contributed by atoms with Gasteiger partial charge in [0, 0.05) is 11.1 Å². The van der Waals surface area contributed by atoms with Crippen LogP contribution < -0.4 is 5.73 Å². The third-order valence-corrected chi connectivity index (χ3v) is 2.70. The normalized spacial score (nSPS) is 10.7. The smallest absolute Gasteiger partial charge is 0.170 e. The molecule has 0 amide bonds. The van der Waals surface area contributed by atoms with Gasteiger partial charge in [-0.15, -0.1) is 0 Å². The second-order valence-electron chi connectivity index (χ2n) is 4.04. The molecule has 1 aromatic heterocycles. The van der Waals surface area contributed by atoms with E-state index in [1.807, 2.05) is 0 Å². The van der Waals surface area contributed by atoms with Gasteiger partial charge in [-0.1, -0.05) is 22.9 Å². The zero-order chi connectivity index (χ0) is 11.5. The lowest BCUT2D eigenvalue weighted by molar-refractivity contribution is 0.431. The lowest BCUT2D eigenvalue weighted by Crippen LogP contribution is -2.02. The minimum Gasteiger partial charge on any atom is -0.356 e. The molecule has 0 aliphatic rings. The van der Waals surface area contributed by atoms with E-state index in [-0.39, 0.29) is 0 Å². The molecular formula is C13H16N2O. The molecule has 2 N–H and O–H groups in total. The van der Waals surface area contributed by atoms with Gasteiger partial charge in [0.05, 0.1) is 6.20 Å². The van der Waals surface area contributed by atoms with Gasteiger partial charge < -0.3 is 10.3 Å². The van der Waals surface area contributed by atoms with E-state index in [9.17, 15) is 0 Å². The molecule has 2 rings (SSSR count). The second-order valence-corrected chi connectivity index (χ2v) is 4.04. The van der Waals surface area contributed by atoms with Crippen molar-refractivity contribution in [2.24, 2.45) is 5.73 Å². The number of hydrogen-bond acceptors (Lipinski definition) is 3. The fourth-order valence-corrected chi connectivity index (χ4v) is 1.80. The summed E-state index contributed by atoms with van der Waals surface area (Å²) in [5.74, 6) is 0.853. The highest BCUT2D eigenvalue weighted by Gasteiger charge is 2.12. The molecule has 0 bridgehead atoms. The lowest BCUT2D eigenvalue weighted by Gasteiger charge is -2.05. The van der Waals surface area contributed by atoms with Gasteiger partial charge in [0.2, 0.25) is 0 Å². The number of aromatic nitrogens is 1. The number of nitrogens with two attached hydrogens (primary N) is 1. The van der Waals surface area contributed by atoms with Crippen molar-refractivity contribution in [2.75, 3.05) is 6.54 Å². The van der Waals surface area contributed by atoms with Gasteiger partial charge in [0.25, 0.3) is 0 Å². The molecule has 0 atom stereocenters. The van der Waals surface area contributed by atoms with Crippen molar-refractivity contribution in [1.29, 1.82) is 0 Å². The molecule has 0 fully saturated rings. The van der Waals surface area contributed by atoms with Crippen molar-refractivity contribution in [3.05, 3.63) is 41.1 Å². The number of hydrogen-bond donors (Lipinski definition) is 1. The Hall–Kier alpha value is -1.61. The third-order valence-electron chi connectivity index (χ3n) is 2.70. The van der Waals surface area contributed by atoms with Gasteiger partial charge in [-0.05, 0) is 38.4 Å². The molecule has 0 aliphatic carbocycles. The van der Waals surface area contributed by atoms with E-state index in [1.54, 1.807) is 6.20 Å². The lowest BCUT2D eigenvalue weighted by atomic mass is 10.0. The summed E-state index contributed by atoms with van der Waals surface area (Å²) in [7, 11) is 0. The molecule has 2 aromatic rings. The van der Waals surface area contributed by atoms with Gasteiger partial charge in [-0.2, -0.15) is 0 Å². The summed E-state index contributed by atoms with van der Waals surface area (Å²) in [5.41, 5.74) is 10.2. The highest BCUT2D eigenvalue weighted by atomic mass is 16.5. The average Bonchev–Trinajstić information content (AvgIpc) is 2.70. The highest BCUT2D eigenvalue weighted by molar-refractivity contribution is 5.65. The number of benzene rings is 1. The maximum atomic E-state index is 5.57. The molecule has 0 aliphatic heterocycles. The first-order valence-corrected chi connectivity index (χ1v) is 5.43. The first-order chi connectivity index (χ1) is 7.72. The van der Waals surface area contributed by atoms with Crippen molar-refractivity contribution in [3.8, 4) is 11.3 Å². The van der Waals surface area contributed by atoms with Crippen molar-refractivity contribution in [3.63, 3.8) is 0 Å². The predicted octanol–water partition coefficient (Wildman–Crippen LogP) is 2.46. The van der Waals surface area contributed by atoms with Crippen LogP contribution in [0.25, 0.3) is 11.3 Å². The van der Waals surface area contributed by atoms with Crippen LogP contribution in [0.2, 0.25) is 0 Å². The summed E-state index contributed by atoms with van der Waals surface area (Å²) in [4.78, 5) is 0. The number of rotatable bonds is 3. The molecule has 1 aromatic carbocycles. The average molecular weight is 216 g/mol. The first-order valence-electron chi connectivity index (χ1n) is 5.43. The van der Waals surface area contributed by atoms with Crippen LogP contribution in [0, 0.1) is 13.8 Å². The van der Waals surface area contributed by atoms with E-state index < -0.39 is 0 Å². The topological polar surface area (TPSA) is 52.0 Å². The molecule has 84 valence electrons. The minimum atomic E-state index is 0.610. The van der Waals surface area contributed by atoms with Crippen LogP contribution >= 0.6 is 0 Å². The predicted molar refractivity (Wildman–Crippen MR) is 64.2 cm³/mol. The van der Waals surface area contributed by atoms with Crippen molar-refractivity contribution >= 4 is 0 Å². The standard InChI is InChI=1S/C13H16N2O/c1-9-3-4-10(2)12(7-9)13-11(5-6-14)8-15-16-13/h3-4,7-8H,5-6,14H2,1-2H3. The van der Waals surface area contributed by atoms with E-state index in [4.69, 9.17) is 10.3 Å². The van der Waals surface area contributed by atoms with Gasteiger partial charge in [0.15, 0.2) is 5.76 Å². The second kappa shape index (κ2) is 4.49. The minimum absolute atomic E-state index is 0.610. The van der Waals surface area contributed by atoms with Crippen LogP contribution in [0.15, 0.2) is 28.9 Å². The van der Waals surface area contributed by atoms with E-state index in [0.29, 0.717) is 6.54 Å². The number of nitrogens with zero attached hydrogens (tertiary/aromatic N) is 1. The van der Waals surface area contributed by atoms with Crippen LogP contribution in [0.3, 0.4) is 0 Å². The Labute approximate surface area is 95.3 Å². The molecule has 0 radical (unpaired) electrons. The van der Waals surface area contributed by atoms with Crippen LogP contribution in [0.1, 0.15) is 16.7 Å². The van der Waals surface area contributed by atoms with E-state index in [2.05, 4.69) is 37.2 Å². The van der Waals surface area contributed by atoms with Gasteiger partial charge >= 0.3 is 0 Å². The van der Waals surface area contributed by atoms with Crippen LogP contribution in [0.4, 0.5) is 0 Å². The molecule has 0 saturated heterocycles. The molecular weight excluding hydrogens is 200 g/mol. The Bertz CT molecular complexity index is 488. The summed E-state index contributed by atoms with van der Waals surface area (Å²) >= 11 is 0. The fraction of sp³-hybridized carbons (Fsp3) is 0.308. The molecule has 3 nitrogen and oxygen atoms in total. The quantitative estimate of drug-likeness (QED) is 0.857. The van der Waals surface area contributed by atoms with Crippen LogP contribution in [-0.2, 0) is 6.42 Å². The molecule has 0 unspecified atom stereocenters. The summed E-state index contributed by atoms with van der Waals surface area (Å²) in [6.07, 6.45) is 2.55. The largest absolute Gasteiger partial charge is 0.356 e. The molecule has 0 spiro atoms. The van der Waals surface area contributed by atoms with Crippen LogP contribution in [0.5, 0.6) is 0 Å². The Balaban J connectivity index is 2.49. The van der Waals surface area contributed by atoms with Gasteiger partial charge in [-0.3, -0.25) is 0 Å². The van der Waals surface area contributed by atoms with E-state index in [1.165, 1.54) is 11.1 Å². The monoisotopic (exact) mass is 216 g/mol. The zero-order valence-electron chi connectivity index (χ0n) is 9.66. The van der Waals surface area contributed by atoms with Crippen molar-refractivity contribution in [1.82, 2.24) is 5.16 Å². The maximum absolute atomic E-state index is 5.57. The Morgan fingerprint density at radius 2 is 2.12 bits per heavy atom. The molecule has 16 heavy (non-hydrogen) atoms. The van der Waals surface area contributed by atoms with Crippen molar-refractivity contribution in [2.45, 2.75) is 20.3 Å². The summed E-state index contributed by atoms with van der Waals surface area (Å²) in [6, 6.07) is 6.31. The summed E-state index contributed by atoms with van der Waals surface area (Å²) < 4.78 is 5.33. The summed E-state index contributed by atoms with van der Waals surface area (Å²) in [6.45, 7) is 4.75. The number of aryl methyl sites for hydroxylation is 2. The Kier molecular flexibility index (Phi) is 3.06. The van der Waals surface area contributed by atoms with E-state index >= 15 is 0 Å². The van der Waals surface area contributed by atoms with Crippen molar-refractivity contribution < 1.29 is 4.52 Å². The maximum Gasteiger partial charge on any atom is 0.170 e. The summed E-state index contributed by atoms with van der Waals surface area (Å²) in [5, 5.41) is 3.86. The molecule has 0 saturated carbocycles. The van der Waals surface area contributed by atoms with E-state index in [0.717, 1.165) is 23.3 Å². The fourth-order valence-electron chi connectivity index (χ4n) is 1.80. The highest BCUT2D eigenvalue weighted by Crippen LogP contribution is 2.27. The third kappa shape index (κ3) is 1.99. The molecule has 1 heterocycles. The van der Waals surface area contributed by atoms with Gasteiger partial charge in [-0.25, -0.2) is 0 Å². The Morgan fingerprint density at radius 3 is 2.88 bits per heavy atom. The zero-order valence-corrected chi connectivity index (χ0v) is 9.66. The van der Waals surface area contributed by atoms with Gasteiger partial charge in [0.1, 0.15) is 0 Å². The SMILES string of the molecule is Cc1ccc(C)c(-c2oncc2CCN)c1. The Morgan fingerprint density at radius 1 is 1.31 bits per heavy atom. The molecule has 3 heteroatoms. The first kappa shape index (κ1) is 10.9.